The molecule has 1 aliphatic rings. The molecule has 0 aromatic heterocycles. The van der Waals surface area contributed by atoms with E-state index >= 15 is 0 Å². The van der Waals surface area contributed by atoms with E-state index in [1.807, 2.05) is 6.07 Å². The fraction of sp³-hybridized carbons (Fsp3) is 0.500. The van der Waals surface area contributed by atoms with Crippen molar-refractivity contribution in [2.24, 2.45) is 0 Å². The fourth-order valence-corrected chi connectivity index (χ4v) is 2.68. The molecule has 1 unspecified atom stereocenters. The molecule has 1 aromatic rings. The first-order chi connectivity index (χ1) is 8.59. The molecule has 18 heavy (non-hydrogen) atoms. The first-order valence-electron chi connectivity index (χ1n) is 5.96. The molecule has 5 nitrogen and oxygen atoms in total. The number of nitrogens with one attached hydrogen (secondary N) is 1. The molecule has 1 aromatic carbocycles. The van der Waals surface area contributed by atoms with Gasteiger partial charge in [-0.2, -0.15) is 0 Å². The van der Waals surface area contributed by atoms with Crippen LogP contribution in [0.4, 0.5) is 5.69 Å². The highest BCUT2D eigenvalue weighted by atomic mass is 79.9. The summed E-state index contributed by atoms with van der Waals surface area (Å²) < 4.78 is 0.808. The number of piperazine rings is 1. The van der Waals surface area contributed by atoms with E-state index in [9.17, 15) is 10.1 Å². The van der Waals surface area contributed by atoms with Gasteiger partial charge in [0.25, 0.3) is 5.69 Å². The minimum Gasteiger partial charge on any atom is -0.314 e. The molecule has 1 heterocycles. The van der Waals surface area contributed by atoms with E-state index < -0.39 is 0 Å². The molecule has 0 spiro atoms. The molecular weight excluding hydrogens is 298 g/mol. The van der Waals surface area contributed by atoms with Crippen LogP contribution in [0.2, 0.25) is 0 Å². The molecule has 98 valence electrons. The number of nitro benzene ring substituents is 1. The molecule has 0 bridgehead atoms. The van der Waals surface area contributed by atoms with Crippen LogP contribution in [0.1, 0.15) is 12.5 Å². The summed E-state index contributed by atoms with van der Waals surface area (Å²) in [6.07, 6.45) is 0. The number of benzene rings is 1. The zero-order chi connectivity index (χ0) is 13.1. The molecule has 0 amide bonds. The Hall–Kier alpha value is -0.980. The SMILES string of the molecule is CC1CNCCN1Cc1c(Br)cccc1[N+](=O)[O-]. The van der Waals surface area contributed by atoms with E-state index in [1.165, 1.54) is 0 Å². The molecule has 1 atom stereocenters. The van der Waals surface area contributed by atoms with Gasteiger partial charge in [-0.05, 0) is 13.0 Å². The van der Waals surface area contributed by atoms with Gasteiger partial charge in [0.1, 0.15) is 0 Å². The van der Waals surface area contributed by atoms with Crippen molar-refractivity contribution in [3.05, 3.63) is 38.3 Å². The molecule has 1 N–H and O–H groups in total. The molecule has 6 heteroatoms. The van der Waals surface area contributed by atoms with Crippen molar-refractivity contribution in [3.8, 4) is 0 Å². The zero-order valence-electron chi connectivity index (χ0n) is 10.2. The van der Waals surface area contributed by atoms with Crippen LogP contribution in [0.15, 0.2) is 22.7 Å². The Morgan fingerprint density at radius 2 is 2.39 bits per heavy atom. The Kier molecular flexibility index (Phi) is 4.31. The molecule has 1 saturated heterocycles. The molecule has 0 aliphatic carbocycles. The van der Waals surface area contributed by atoms with Gasteiger partial charge in [-0.25, -0.2) is 0 Å². The van der Waals surface area contributed by atoms with Crippen LogP contribution in [0.25, 0.3) is 0 Å². The lowest BCUT2D eigenvalue weighted by Crippen LogP contribution is -2.49. The van der Waals surface area contributed by atoms with E-state index in [0.29, 0.717) is 12.6 Å². The van der Waals surface area contributed by atoms with Gasteiger partial charge in [-0.1, -0.05) is 22.0 Å². The van der Waals surface area contributed by atoms with Crippen molar-refractivity contribution in [3.63, 3.8) is 0 Å². The smallest absolute Gasteiger partial charge is 0.275 e. The summed E-state index contributed by atoms with van der Waals surface area (Å²) in [7, 11) is 0. The minimum atomic E-state index is -0.313. The van der Waals surface area contributed by atoms with Gasteiger partial charge in [0.05, 0.1) is 10.5 Å². The van der Waals surface area contributed by atoms with E-state index in [-0.39, 0.29) is 10.6 Å². The second kappa shape index (κ2) is 5.77. The highest BCUT2D eigenvalue weighted by molar-refractivity contribution is 9.10. The molecule has 1 aliphatic heterocycles. The molecule has 2 rings (SSSR count). The second-order valence-electron chi connectivity index (χ2n) is 4.52. The number of hydrogen-bond acceptors (Lipinski definition) is 4. The van der Waals surface area contributed by atoms with Crippen molar-refractivity contribution in [1.82, 2.24) is 10.2 Å². The number of nitrogens with zero attached hydrogens (tertiary/aromatic N) is 2. The average Bonchev–Trinajstić information content (AvgIpc) is 2.34. The van der Waals surface area contributed by atoms with E-state index in [0.717, 1.165) is 29.7 Å². The largest absolute Gasteiger partial charge is 0.314 e. The first-order valence-corrected chi connectivity index (χ1v) is 6.75. The lowest BCUT2D eigenvalue weighted by atomic mass is 10.1. The number of halogens is 1. The quantitative estimate of drug-likeness (QED) is 0.686. The van der Waals surface area contributed by atoms with Crippen LogP contribution >= 0.6 is 15.9 Å². The van der Waals surface area contributed by atoms with E-state index in [2.05, 4.69) is 33.1 Å². The van der Waals surface area contributed by atoms with Crippen molar-refractivity contribution in [1.29, 1.82) is 0 Å². The van der Waals surface area contributed by atoms with Gasteiger partial charge in [-0.15, -0.1) is 0 Å². The maximum Gasteiger partial charge on any atom is 0.275 e. The second-order valence-corrected chi connectivity index (χ2v) is 5.37. The molecule has 0 saturated carbocycles. The zero-order valence-corrected chi connectivity index (χ0v) is 11.8. The summed E-state index contributed by atoms with van der Waals surface area (Å²) >= 11 is 3.42. The molecular formula is C12H16BrN3O2. The summed E-state index contributed by atoms with van der Waals surface area (Å²) in [4.78, 5) is 13.0. The van der Waals surface area contributed by atoms with E-state index in [1.54, 1.807) is 12.1 Å². The van der Waals surface area contributed by atoms with Crippen LogP contribution in [0, 0.1) is 10.1 Å². The minimum absolute atomic E-state index is 0.190. The van der Waals surface area contributed by atoms with Gasteiger partial charge in [0, 0.05) is 42.8 Å². The normalized spacial score (nSPS) is 20.9. The summed E-state index contributed by atoms with van der Waals surface area (Å²) in [5.74, 6) is 0. The Morgan fingerprint density at radius 1 is 1.61 bits per heavy atom. The maximum absolute atomic E-state index is 11.1. The van der Waals surface area contributed by atoms with Crippen molar-refractivity contribution in [2.75, 3.05) is 19.6 Å². The van der Waals surface area contributed by atoms with Crippen LogP contribution < -0.4 is 5.32 Å². The van der Waals surface area contributed by atoms with Crippen molar-refractivity contribution in [2.45, 2.75) is 19.5 Å². The topological polar surface area (TPSA) is 58.4 Å². The summed E-state index contributed by atoms with van der Waals surface area (Å²) in [6.45, 7) is 5.52. The number of hydrogen-bond donors (Lipinski definition) is 1. The summed E-state index contributed by atoms with van der Waals surface area (Å²) in [5.41, 5.74) is 0.950. The summed E-state index contributed by atoms with van der Waals surface area (Å²) in [6, 6.07) is 5.51. The monoisotopic (exact) mass is 313 g/mol. The lowest BCUT2D eigenvalue weighted by Gasteiger charge is -2.33. The van der Waals surface area contributed by atoms with Gasteiger partial charge >= 0.3 is 0 Å². The summed E-state index contributed by atoms with van der Waals surface area (Å²) in [5, 5.41) is 14.4. The Morgan fingerprint density at radius 3 is 3.06 bits per heavy atom. The number of rotatable bonds is 3. The van der Waals surface area contributed by atoms with Crippen molar-refractivity contribution >= 4 is 21.6 Å². The lowest BCUT2D eigenvalue weighted by molar-refractivity contribution is -0.385. The highest BCUT2D eigenvalue weighted by Crippen LogP contribution is 2.28. The predicted octanol–water partition coefficient (Wildman–Crippen LogP) is 2.15. The Bertz CT molecular complexity index is 453. The fourth-order valence-electron chi connectivity index (χ4n) is 2.20. The van der Waals surface area contributed by atoms with Gasteiger partial charge in [0.2, 0.25) is 0 Å². The van der Waals surface area contributed by atoms with Gasteiger partial charge in [0.15, 0.2) is 0 Å². The third-order valence-corrected chi connectivity index (χ3v) is 4.03. The third kappa shape index (κ3) is 2.88. The third-order valence-electron chi connectivity index (χ3n) is 3.29. The molecule has 0 radical (unpaired) electrons. The average molecular weight is 314 g/mol. The Labute approximate surface area is 114 Å². The van der Waals surface area contributed by atoms with Gasteiger partial charge in [-0.3, -0.25) is 15.0 Å². The van der Waals surface area contributed by atoms with Gasteiger partial charge < -0.3 is 5.32 Å². The first kappa shape index (κ1) is 13.5. The van der Waals surface area contributed by atoms with Crippen LogP contribution in [-0.4, -0.2) is 35.5 Å². The van der Waals surface area contributed by atoms with Crippen LogP contribution in [-0.2, 0) is 6.54 Å². The number of nitro groups is 1. The predicted molar refractivity (Wildman–Crippen MR) is 73.5 cm³/mol. The van der Waals surface area contributed by atoms with E-state index in [4.69, 9.17) is 0 Å². The standard InChI is InChI=1S/C12H16BrN3O2/c1-9-7-14-5-6-15(9)8-10-11(13)3-2-4-12(10)16(17)18/h2-4,9,14H,5-8H2,1H3. The van der Waals surface area contributed by atoms with Crippen LogP contribution in [0.5, 0.6) is 0 Å². The molecule has 1 fully saturated rings. The van der Waals surface area contributed by atoms with Crippen LogP contribution in [0.3, 0.4) is 0 Å². The maximum atomic E-state index is 11.1. The highest BCUT2D eigenvalue weighted by Gasteiger charge is 2.23. The Balaban J connectivity index is 2.24. The van der Waals surface area contributed by atoms with Crippen molar-refractivity contribution < 1.29 is 4.92 Å².